The van der Waals surface area contributed by atoms with E-state index in [2.05, 4.69) is 5.32 Å². The Kier molecular flexibility index (Phi) is 4.47. The number of rotatable bonds is 3. The summed E-state index contributed by atoms with van der Waals surface area (Å²) in [5.41, 5.74) is 1.31. The maximum atomic E-state index is 11.4. The van der Waals surface area contributed by atoms with Crippen molar-refractivity contribution in [3.8, 4) is 12.1 Å². The molecule has 0 aliphatic heterocycles. The lowest BCUT2D eigenvalue weighted by Gasteiger charge is -2.00. The van der Waals surface area contributed by atoms with Gasteiger partial charge in [-0.2, -0.15) is 10.5 Å². The molecule has 0 fully saturated rings. The van der Waals surface area contributed by atoms with Crippen LogP contribution in [0.3, 0.4) is 0 Å². The van der Waals surface area contributed by atoms with Gasteiger partial charge in [0.25, 0.3) is 5.91 Å². The molecule has 0 bridgehead atoms. The number of amides is 1. The van der Waals surface area contributed by atoms with Crippen LogP contribution in [0.4, 0.5) is 0 Å². The van der Waals surface area contributed by atoms with E-state index in [1.165, 1.54) is 6.08 Å². The van der Waals surface area contributed by atoms with Crippen LogP contribution in [0.2, 0.25) is 0 Å². The summed E-state index contributed by atoms with van der Waals surface area (Å²) in [6.07, 6.45) is 1.49. The highest BCUT2D eigenvalue weighted by Crippen LogP contribution is 2.08. The number of carbonyl (C=O) groups is 1. The largest absolute Gasteiger partial charge is 0.352 e. The van der Waals surface area contributed by atoms with Crippen LogP contribution in [0.1, 0.15) is 18.1 Å². The number of hydrogen-bond acceptors (Lipinski definition) is 3. The molecule has 4 heteroatoms. The van der Waals surface area contributed by atoms with Crippen molar-refractivity contribution in [1.82, 2.24) is 5.32 Å². The van der Waals surface area contributed by atoms with E-state index in [9.17, 15) is 4.79 Å². The Morgan fingerprint density at radius 2 is 2.00 bits per heavy atom. The second-order valence-electron chi connectivity index (χ2n) is 3.26. The molecule has 4 nitrogen and oxygen atoms in total. The molecule has 0 unspecified atom stereocenters. The Morgan fingerprint density at radius 3 is 2.47 bits per heavy atom. The first-order valence-corrected chi connectivity index (χ1v) is 5.11. The highest BCUT2D eigenvalue weighted by Gasteiger charge is 2.06. The zero-order chi connectivity index (χ0) is 12.7. The van der Waals surface area contributed by atoms with Crippen molar-refractivity contribution in [2.75, 3.05) is 6.54 Å². The van der Waals surface area contributed by atoms with Crippen molar-refractivity contribution in [3.05, 3.63) is 41.0 Å². The first kappa shape index (κ1) is 12.5. The zero-order valence-electron chi connectivity index (χ0n) is 9.40. The summed E-state index contributed by atoms with van der Waals surface area (Å²) in [4.78, 5) is 11.4. The average molecular weight is 225 g/mol. The molecule has 0 saturated carbocycles. The molecule has 0 spiro atoms. The van der Waals surface area contributed by atoms with Gasteiger partial charge in [-0.05, 0) is 30.7 Å². The Labute approximate surface area is 99.8 Å². The van der Waals surface area contributed by atoms with Gasteiger partial charge in [-0.1, -0.05) is 12.1 Å². The molecule has 1 amide bonds. The summed E-state index contributed by atoms with van der Waals surface area (Å²) < 4.78 is 0. The SMILES string of the molecule is CCNC(=O)/C(C#N)=C\c1ccc(C#N)cc1. The van der Waals surface area contributed by atoms with E-state index >= 15 is 0 Å². The third kappa shape index (κ3) is 3.48. The van der Waals surface area contributed by atoms with Gasteiger partial charge < -0.3 is 5.32 Å². The van der Waals surface area contributed by atoms with Crippen molar-refractivity contribution < 1.29 is 4.79 Å². The van der Waals surface area contributed by atoms with Gasteiger partial charge in [-0.3, -0.25) is 4.79 Å². The lowest BCUT2D eigenvalue weighted by Crippen LogP contribution is -2.23. The summed E-state index contributed by atoms with van der Waals surface area (Å²) >= 11 is 0. The fourth-order valence-corrected chi connectivity index (χ4v) is 1.22. The van der Waals surface area contributed by atoms with Crippen molar-refractivity contribution >= 4 is 12.0 Å². The summed E-state index contributed by atoms with van der Waals surface area (Å²) in [6, 6.07) is 10.5. The van der Waals surface area contributed by atoms with Crippen LogP contribution in [-0.2, 0) is 4.79 Å². The number of carbonyl (C=O) groups excluding carboxylic acids is 1. The molecule has 1 aromatic rings. The minimum Gasteiger partial charge on any atom is -0.352 e. The second-order valence-corrected chi connectivity index (χ2v) is 3.26. The van der Waals surface area contributed by atoms with Gasteiger partial charge in [0.05, 0.1) is 11.6 Å². The first-order valence-electron chi connectivity index (χ1n) is 5.11. The van der Waals surface area contributed by atoms with Crippen molar-refractivity contribution in [2.45, 2.75) is 6.92 Å². The molecular formula is C13H11N3O. The minimum absolute atomic E-state index is 0.0524. The first-order chi connectivity index (χ1) is 8.21. The van der Waals surface area contributed by atoms with Gasteiger partial charge in [0.2, 0.25) is 0 Å². The third-order valence-electron chi connectivity index (χ3n) is 2.05. The minimum atomic E-state index is -0.389. The number of nitrogens with zero attached hydrogens (tertiary/aromatic N) is 2. The topological polar surface area (TPSA) is 76.7 Å². The maximum Gasteiger partial charge on any atom is 0.261 e. The molecule has 0 aliphatic carbocycles. The van der Waals surface area contributed by atoms with Crippen LogP contribution in [0.25, 0.3) is 6.08 Å². The van der Waals surface area contributed by atoms with E-state index in [1.807, 2.05) is 12.1 Å². The molecular weight excluding hydrogens is 214 g/mol. The third-order valence-corrected chi connectivity index (χ3v) is 2.05. The molecule has 0 atom stereocenters. The summed E-state index contributed by atoms with van der Waals surface area (Å²) in [5, 5.41) is 20.0. The van der Waals surface area contributed by atoms with Crippen LogP contribution < -0.4 is 5.32 Å². The van der Waals surface area contributed by atoms with Crippen molar-refractivity contribution in [2.24, 2.45) is 0 Å². The molecule has 0 radical (unpaired) electrons. The number of benzene rings is 1. The second kappa shape index (κ2) is 6.09. The van der Waals surface area contributed by atoms with E-state index in [-0.39, 0.29) is 11.5 Å². The smallest absolute Gasteiger partial charge is 0.261 e. The fourth-order valence-electron chi connectivity index (χ4n) is 1.22. The predicted octanol–water partition coefficient (Wildman–Crippen LogP) is 1.60. The molecule has 0 heterocycles. The average Bonchev–Trinajstić information content (AvgIpc) is 2.37. The lowest BCUT2D eigenvalue weighted by molar-refractivity contribution is -0.116. The molecule has 84 valence electrons. The number of nitrogens with one attached hydrogen (secondary N) is 1. The molecule has 1 aromatic carbocycles. The van der Waals surface area contributed by atoms with Crippen molar-refractivity contribution in [3.63, 3.8) is 0 Å². The molecule has 1 rings (SSSR count). The van der Waals surface area contributed by atoms with Crippen LogP contribution >= 0.6 is 0 Å². The number of likely N-dealkylation sites (N-methyl/N-ethyl adjacent to an activating group) is 1. The highest BCUT2D eigenvalue weighted by molar-refractivity contribution is 6.01. The Bertz CT molecular complexity index is 515. The van der Waals surface area contributed by atoms with Crippen molar-refractivity contribution in [1.29, 1.82) is 10.5 Å². The van der Waals surface area contributed by atoms with E-state index in [4.69, 9.17) is 10.5 Å². The maximum absolute atomic E-state index is 11.4. The van der Waals surface area contributed by atoms with Gasteiger partial charge in [0.1, 0.15) is 11.6 Å². The molecule has 17 heavy (non-hydrogen) atoms. The Hall–Kier alpha value is -2.59. The summed E-state index contributed by atoms with van der Waals surface area (Å²) in [5.74, 6) is -0.389. The normalized spacial score (nSPS) is 10.2. The zero-order valence-corrected chi connectivity index (χ0v) is 9.40. The Morgan fingerprint density at radius 1 is 1.35 bits per heavy atom. The summed E-state index contributed by atoms with van der Waals surface area (Å²) in [7, 11) is 0. The van der Waals surface area contributed by atoms with Gasteiger partial charge >= 0.3 is 0 Å². The molecule has 1 N–H and O–H groups in total. The quantitative estimate of drug-likeness (QED) is 0.627. The van der Waals surface area contributed by atoms with Crippen LogP contribution in [0.15, 0.2) is 29.8 Å². The number of hydrogen-bond donors (Lipinski definition) is 1. The standard InChI is InChI=1S/C13H11N3O/c1-2-16-13(17)12(9-15)7-10-3-5-11(8-14)6-4-10/h3-7H,2H2,1H3,(H,16,17)/b12-7-. The highest BCUT2D eigenvalue weighted by atomic mass is 16.1. The van der Waals surface area contributed by atoms with Crippen LogP contribution in [0.5, 0.6) is 0 Å². The lowest BCUT2D eigenvalue weighted by atomic mass is 10.1. The van der Waals surface area contributed by atoms with Crippen LogP contribution in [-0.4, -0.2) is 12.5 Å². The van der Waals surface area contributed by atoms with E-state index in [0.29, 0.717) is 17.7 Å². The monoisotopic (exact) mass is 225 g/mol. The molecule has 0 saturated heterocycles. The van der Waals surface area contributed by atoms with Gasteiger partial charge in [0, 0.05) is 6.54 Å². The predicted molar refractivity (Wildman–Crippen MR) is 63.4 cm³/mol. The van der Waals surface area contributed by atoms with E-state index < -0.39 is 0 Å². The van der Waals surface area contributed by atoms with Crippen LogP contribution in [0, 0.1) is 22.7 Å². The van der Waals surface area contributed by atoms with Gasteiger partial charge in [0.15, 0.2) is 0 Å². The van der Waals surface area contributed by atoms with Gasteiger partial charge in [-0.15, -0.1) is 0 Å². The molecule has 0 aliphatic rings. The molecule has 0 aromatic heterocycles. The fraction of sp³-hybridized carbons (Fsp3) is 0.154. The summed E-state index contributed by atoms with van der Waals surface area (Å²) in [6.45, 7) is 2.26. The van der Waals surface area contributed by atoms with Gasteiger partial charge in [-0.25, -0.2) is 0 Å². The number of nitriles is 2. The Balaban J connectivity index is 2.96. The van der Waals surface area contributed by atoms with E-state index in [1.54, 1.807) is 31.2 Å². The van der Waals surface area contributed by atoms with E-state index in [0.717, 1.165) is 0 Å².